The van der Waals surface area contributed by atoms with Gasteiger partial charge in [0.2, 0.25) is 0 Å². The van der Waals surface area contributed by atoms with E-state index in [2.05, 4.69) is 48.5 Å². The van der Waals surface area contributed by atoms with Crippen LogP contribution in [0.15, 0.2) is 146 Å². The van der Waals surface area contributed by atoms with Gasteiger partial charge in [0.05, 0.1) is 33.0 Å². The summed E-state index contributed by atoms with van der Waals surface area (Å²) in [5, 5.41) is 0.713. The van der Waals surface area contributed by atoms with Crippen molar-refractivity contribution in [2.45, 2.75) is 62.0 Å². The third kappa shape index (κ3) is 10.3. The fourth-order valence-electron chi connectivity index (χ4n) is 5.64. The average molecular weight is 681 g/mol. The van der Waals surface area contributed by atoms with Crippen LogP contribution in [0.25, 0.3) is 0 Å². The highest BCUT2D eigenvalue weighted by Gasteiger charge is 2.48. The number of hydrogen-bond acceptors (Lipinski definition) is 6. The van der Waals surface area contributed by atoms with Crippen LogP contribution < -0.4 is 0 Å². The van der Waals surface area contributed by atoms with Crippen LogP contribution in [0.4, 0.5) is 0 Å². The topological polar surface area (TPSA) is 46.2 Å². The second-order valence-electron chi connectivity index (χ2n) is 11.8. The molecule has 5 aromatic rings. The van der Waals surface area contributed by atoms with E-state index in [0.29, 0.717) is 43.8 Å². The maximum atomic E-state index is 6.94. The van der Waals surface area contributed by atoms with E-state index >= 15 is 0 Å². The quantitative estimate of drug-likeness (QED) is 0.104. The molecule has 1 heterocycles. The van der Waals surface area contributed by atoms with Gasteiger partial charge in [0.1, 0.15) is 29.9 Å². The zero-order valence-corrected chi connectivity index (χ0v) is 28.4. The number of halogens is 1. The van der Waals surface area contributed by atoms with Gasteiger partial charge in [0, 0.05) is 10.8 Å². The third-order valence-corrected chi connectivity index (χ3v) is 9.63. The fraction of sp³-hybridized carbons (Fsp3) is 0.268. The van der Waals surface area contributed by atoms with E-state index in [9.17, 15) is 0 Å². The monoisotopic (exact) mass is 680 g/mol. The lowest BCUT2D eigenvalue weighted by Gasteiger charge is -2.46. The van der Waals surface area contributed by atoms with Gasteiger partial charge >= 0.3 is 0 Å². The average Bonchev–Trinajstić information content (AvgIpc) is 3.14. The van der Waals surface area contributed by atoms with Gasteiger partial charge in [-0.1, -0.05) is 145 Å². The molecule has 5 nitrogen and oxygen atoms in total. The standard InChI is InChI=1S/C41H41ClO5S/c42-36-23-21-35(22-24-36)30-48-41-40(46-28-34-19-11-4-12-20-34)39(45-27-33-17-9-3-10-18-33)38(44-26-32-15-7-2-8-16-32)37(47-41)29-43-25-31-13-5-1-6-14-31/h1-24,37-41H,25-30H2/t37-,38-,39+,40+,41-/m1/s1. The van der Waals surface area contributed by atoms with E-state index in [4.69, 9.17) is 35.3 Å². The molecular weight excluding hydrogens is 640 g/mol. The molecule has 0 aromatic heterocycles. The zero-order chi connectivity index (χ0) is 32.8. The van der Waals surface area contributed by atoms with E-state index in [-0.39, 0.29) is 5.44 Å². The summed E-state index contributed by atoms with van der Waals surface area (Å²) in [4.78, 5) is 0. The SMILES string of the molecule is Clc1ccc(CS[C@H]2O[C@H](COCc3ccccc3)[C@@H](OCc3ccccc3)[C@H](OCc3ccccc3)[C@@H]2OCc2ccccc2)cc1. The number of rotatable bonds is 16. The molecule has 5 atom stereocenters. The van der Waals surface area contributed by atoms with Gasteiger partial charge in [-0.25, -0.2) is 0 Å². The molecule has 1 saturated heterocycles. The lowest BCUT2D eigenvalue weighted by molar-refractivity contribution is -0.254. The molecule has 0 saturated carbocycles. The number of hydrogen-bond donors (Lipinski definition) is 0. The second-order valence-corrected chi connectivity index (χ2v) is 13.3. The minimum atomic E-state index is -0.460. The van der Waals surface area contributed by atoms with Crippen molar-refractivity contribution >= 4 is 23.4 Å². The van der Waals surface area contributed by atoms with E-state index < -0.39 is 24.4 Å². The first-order valence-corrected chi connectivity index (χ1v) is 17.7. The molecule has 5 aromatic carbocycles. The Morgan fingerprint density at radius 2 is 0.917 bits per heavy atom. The molecule has 0 amide bonds. The first kappa shape index (κ1) is 34.4. The van der Waals surface area contributed by atoms with Crippen molar-refractivity contribution in [1.29, 1.82) is 0 Å². The van der Waals surface area contributed by atoms with Crippen LogP contribution in [0.3, 0.4) is 0 Å². The Labute approximate surface area is 293 Å². The number of ether oxygens (including phenoxy) is 5. The second kappa shape index (κ2) is 18.3. The highest BCUT2D eigenvalue weighted by Crippen LogP contribution is 2.37. The van der Waals surface area contributed by atoms with E-state index in [1.165, 1.54) is 0 Å². The molecule has 0 aliphatic carbocycles. The van der Waals surface area contributed by atoms with Crippen molar-refractivity contribution in [2.24, 2.45) is 0 Å². The summed E-state index contributed by atoms with van der Waals surface area (Å²) in [6, 6.07) is 48.7. The normalized spacial score (nSPS) is 20.8. The Kier molecular flexibility index (Phi) is 13.1. The van der Waals surface area contributed by atoms with Crippen molar-refractivity contribution in [2.75, 3.05) is 6.61 Å². The predicted octanol–water partition coefficient (Wildman–Crippen LogP) is 9.27. The van der Waals surface area contributed by atoms with Crippen LogP contribution in [0.2, 0.25) is 5.02 Å². The van der Waals surface area contributed by atoms with Crippen LogP contribution in [0.1, 0.15) is 27.8 Å². The predicted molar refractivity (Wildman–Crippen MR) is 193 cm³/mol. The Hall–Kier alpha value is -3.46. The molecule has 0 N–H and O–H groups in total. The van der Waals surface area contributed by atoms with Gasteiger partial charge < -0.3 is 23.7 Å². The molecule has 0 unspecified atom stereocenters. The van der Waals surface area contributed by atoms with Crippen LogP contribution in [0, 0.1) is 0 Å². The van der Waals surface area contributed by atoms with Crippen LogP contribution in [-0.4, -0.2) is 36.5 Å². The lowest BCUT2D eigenvalue weighted by atomic mass is 9.98. The smallest absolute Gasteiger partial charge is 0.133 e. The minimum Gasteiger partial charge on any atom is -0.374 e. The van der Waals surface area contributed by atoms with Gasteiger partial charge in [0.15, 0.2) is 0 Å². The molecule has 0 radical (unpaired) electrons. The summed E-state index contributed by atoms with van der Waals surface area (Å²) in [5.41, 5.74) is 5.13. The van der Waals surface area contributed by atoms with Crippen LogP contribution in [0.5, 0.6) is 0 Å². The molecule has 1 fully saturated rings. The maximum absolute atomic E-state index is 6.94. The molecule has 0 bridgehead atoms. The minimum absolute atomic E-state index is 0.336. The van der Waals surface area contributed by atoms with Crippen molar-refractivity contribution in [3.05, 3.63) is 178 Å². The number of thioether (sulfide) groups is 1. The Bertz CT molecular complexity index is 1610. The summed E-state index contributed by atoms with van der Waals surface area (Å²) in [6.07, 6.45) is -1.74. The van der Waals surface area contributed by atoms with Gasteiger partial charge in [-0.15, -0.1) is 11.8 Å². The van der Waals surface area contributed by atoms with Crippen molar-refractivity contribution < 1.29 is 23.7 Å². The van der Waals surface area contributed by atoms with Crippen LogP contribution >= 0.6 is 23.4 Å². The summed E-state index contributed by atoms with van der Waals surface area (Å²) in [7, 11) is 0. The summed E-state index contributed by atoms with van der Waals surface area (Å²) < 4.78 is 33.6. The van der Waals surface area contributed by atoms with E-state index in [1.54, 1.807) is 11.8 Å². The summed E-state index contributed by atoms with van der Waals surface area (Å²) in [6.45, 7) is 2.04. The summed E-state index contributed by atoms with van der Waals surface area (Å²) in [5.74, 6) is 0.714. The lowest BCUT2D eigenvalue weighted by Crippen LogP contribution is -2.60. The Morgan fingerprint density at radius 3 is 1.42 bits per heavy atom. The largest absolute Gasteiger partial charge is 0.374 e. The summed E-state index contributed by atoms with van der Waals surface area (Å²) >= 11 is 7.89. The third-order valence-electron chi connectivity index (χ3n) is 8.17. The highest BCUT2D eigenvalue weighted by atomic mass is 35.5. The first-order valence-electron chi connectivity index (χ1n) is 16.3. The molecule has 7 heteroatoms. The molecule has 248 valence electrons. The van der Waals surface area contributed by atoms with Crippen molar-refractivity contribution in [1.82, 2.24) is 0 Å². The van der Waals surface area contributed by atoms with Gasteiger partial charge in [0.25, 0.3) is 0 Å². The highest BCUT2D eigenvalue weighted by molar-refractivity contribution is 7.99. The molecular formula is C41H41ClO5S. The Balaban J connectivity index is 1.29. The van der Waals surface area contributed by atoms with Crippen LogP contribution in [-0.2, 0) is 55.9 Å². The van der Waals surface area contributed by atoms with Gasteiger partial charge in [-0.2, -0.15) is 0 Å². The molecule has 48 heavy (non-hydrogen) atoms. The Morgan fingerprint density at radius 1 is 0.479 bits per heavy atom. The molecule has 1 aliphatic rings. The molecule has 0 spiro atoms. The van der Waals surface area contributed by atoms with Crippen molar-refractivity contribution in [3.8, 4) is 0 Å². The molecule has 6 rings (SSSR count). The van der Waals surface area contributed by atoms with Gasteiger partial charge in [-0.3, -0.25) is 0 Å². The van der Waals surface area contributed by atoms with Crippen molar-refractivity contribution in [3.63, 3.8) is 0 Å². The van der Waals surface area contributed by atoms with E-state index in [1.807, 2.05) is 97.1 Å². The zero-order valence-electron chi connectivity index (χ0n) is 26.8. The molecule has 1 aliphatic heterocycles. The van der Waals surface area contributed by atoms with E-state index in [0.717, 1.165) is 27.8 Å². The maximum Gasteiger partial charge on any atom is 0.133 e. The first-order chi connectivity index (χ1) is 23.7. The number of benzene rings is 5. The fourth-order valence-corrected chi connectivity index (χ4v) is 6.96. The van der Waals surface area contributed by atoms with Gasteiger partial charge in [-0.05, 0) is 39.9 Å².